The summed E-state index contributed by atoms with van der Waals surface area (Å²) in [6, 6.07) is 4.67. The van der Waals surface area contributed by atoms with Crippen molar-refractivity contribution in [3.63, 3.8) is 0 Å². The van der Waals surface area contributed by atoms with Gasteiger partial charge in [-0.05, 0) is 17.7 Å². The van der Waals surface area contributed by atoms with E-state index < -0.39 is 24.2 Å². The summed E-state index contributed by atoms with van der Waals surface area (Å²) in [5.41, 5.74) is 0.770. The van der Waals surface area contributed by atoms with Crippen LogP contribution in [0.4, 0.5) is 19.1 Å². The number of anilines is 1. The first kappa shape index (κ1) is 24.1. The number of halogens is 3. The van der Waals surface area contributed by atoms with Crippen molar-refractivity contribution >= 4 is 11.9 Å². The van der Waals surface area contributed by atoms with Crippen LogP contribution < -0.4 is 5.32 Å². The van der Waals surface area contributed by atoms with Gasteiger partial charge in [0.15, 0.2) is 0 Å². The van der Waals surface area contributed by atoms with Gasteiger partial charge in [-0.25, -0.2) is 14.4 Å². The fourth-order valence-electron chi connectivity index (χ4n) is 2.99. The first-order valence-electron chi connectivity index (χ1n) is 10.3. The number of morpholine rings is 1. The Morgan fingerprint density at radius 2 is 1.70 bits per heavy atom. The molecule has 1 fully saturated rings. The van der Waals surface area contributed by atoms with Crippen LogP contribution in [0.5, 0.6) is 0 Å². The van der Waals surface area contributed by atoms with Crippen LogP contribution in [0.1, 0.15) is 37.8 Å². The summed E-state index contributed by atoms with van der Waals surface area (Å²) in [6.45, 7) is 5.72. The number of hydrogen-bond acceptors (Lipinski definition) is 8. The van der Waals surface area contributed by atoms with Crippen molar-refractivity contribution in [2.45, 2.75) is 26.3 Å². The molecule has 4 rings (SSSR count). The van der Waals surface area contributed by atoms with E-state index >= 15 is 0 Å². The number of rotatable bonds is 6. The third kappa shape index (κ3) is 6.04. The Bertz CT molecular complexity index is 1020. The number of ether oxygens (including phenoxy) is 1. The number of carbonyl (C=O) groups is 1. The van der Waals surface area contributed by atoms with E-state index in [4.69, 9.17) is 9.15 Å². The van der Waals surface area contributed by atoms with Gasteiger partial charge < -0.3 is 19.4 Å². The summed E-state index contributed by atoms with van der Waals surface area (Å²) < 4.78 is 48.7. The molecule has 0 saturated carbocycles. The van der Waals surface area contributed by atoms with Crippen LogP contribution in [0, 0.1) is 5.82 Å². The predicted octanol–water partition coefficient (Wildman–Crippen LogP) is 3.64. The fourth-order valence-corrected chi connectivity index (χ4v) is 2.99. The van der Waals surface area contributed by atoms with Gasteiger partial charge in [0.05, 0.1) is 18.8 Å². The Hall–Kier alpha value is -3.54. The van der Waals surface area contributed by atoms with Gasteiger partial charge in [-0.1, -0.05) is 26.0 Å². The molecule has 1 unspecified atom stereocenters. The lowest BCUT2D eigenvalue weighted by atomic mass is 10.1. The number of amides is 1. The van der Waals surface area contributed by atoms with E-state index in [0.29, 0.717) is 31.9 Å². The van der Waals surface area contributed by atoms with E-state index in [0.717, 1.165) is 0 Å². The van der Waals surface area contributed by atoms with E-state index in [1.807, 2.05) is 13.8 Å². The molecule has 1 aliphatic heterocycles. The molecule has 1 amide bonds. The maximum Gasteiger partial charge on any atom is 0.314 e. The smallest absolute Gasteiger partial charge is 0.314 e. The molecule has 2 aromatic heterocycles. The van der Waals surface area contributed by atoms with Gasteiger partial charge >= 0.3 is 6.43 Å². The Balaban J connectivity index is 0.00000149. The molecule has 1 aromatic carbocycles. The van der Waals surface area contributed by atoms with E-state index in [1.54, 1.807) is 4.90 Å². The molecule has 9 nitrogen and oxygen atoms in total. The first-order chi connectivity index (χ1) is 16.0. The van der Waals surface area contributed by atoms with Gasteiger partial charge in [0, 0.05) is 25.5 Å². The third-order valence-corrected chi connectivity index (χ3v) is 4.57. The number of carbonyl (C=O) groups excluding carboxylic acids is 1. The third-order valence-electron chi connectivity index (χ3n) is 4.57. The van der Waals surface area contributed by atoms with Crippen LogP contribution in [0.3, 0.4) is 0 Å². The number of aromatic nitrogens is 4. The SMILES string of the molecule is CC.O=C(C(Nc1ncc(-c2nnc(C(F)F)o2)cn1)c1ccc(F)cc1)N1CCOCC1. The average Bonchev–Trinajstić information content (AvgIpc) is 3.36. The highest BCUT2D eigenvalue weighted by Crippen LogP contribution is 2.24. The molecule has 3 aromatic rings. The maximum atomic E-state index is 13.4. The van der Waals surface area contributed by atoms with Crippen molar-refractivity contribution in [2.24, 2.45) is 0 Å². The van der Waals surface area contributed by atoms with Gasteiger partial charge in [-0.15, -0.1) is 10.2 Å². The normalized spacial score (nSPS) is 14.4. The standard InChI is InChI=1S/C19H17F3N6O3.C2H6/c20-13-3-1-11(2-4-13)14(18(29)28-5-7-30-8-6-28)25-19-23-9-12(10-24-19)16-26-27-17(31-16)15(21)22;1-2/h1-4,9-10,14-15H,5-8H2,(H,23,24,25);1-2H3. The second-order valence-electron chi connectivity index (χ2n) is 6.61. The molecule has 0 spiro atoms. The van der Waals surface area contributed by atoms with Gasteiger partial charge in [0.25, 0.3) is 11.8 Å². The van der Waals surface area contributed by atoms with Crippen LogP contribution in [-0.2, 0) is 9.53 Å². The lowest BCUT2D eigenvalue weighted by Gasteiger charge is -2.31. The Labute approximate surface area is 188 Å². The van der Waals surface area contributed by atoms with E-state index in [9.17, 15) is 18.0 Å². The largest absolute Gasteiger partial charge is 0.415 e. The molecule has 1 atom stereocenters. The molecule has 0 bridgehead atoms. The molecule has 3 heterocycles. The monoisotopic (exact) mass is 464 g/mol. The first-order valence-corrected chi connectivity index (χ1v) is 10.3. The van der Waals surface area contributed by atoms with Gasteiger partial charge in [-0.2, -0.15) is 8.78 Å². The minimum atomic E-state index is -2.88. The molecule has 33 heavy (non-hydrogen) atoms. The summed E-state index contributed by atoms with van der Waals surface area (Å²) >= 11 is 0. The number of hydrogen-bond donors (Lipinski definition) is 1. The summed E-state index contributed by atoms with van der Waals surface area (Å²) in [5.74, 6) is -1.51. The highest BCUT2D eigenvalue weighted by Gasteiger charge is 2.28. The van der Waals surface area contributed by atoms with Gasteiger partial charge in [0.2, 0.25) is 11.9 Å². The average molecular weight is 464 g/mol. The highest BCUT2D eigenvalue weighted by atomic mass is 19.3. The second-order valence-corrected chi connectivity index (χ2v) is 6.61. The molecule has 1 aliphatic rings. The van der Waals surface area contributed by atoms with Crippen LogP contribution in [0.25, 0.3) is 11.5 Å². The lowest BCUT2D eigenvalue weighted by Crippen LogP contribution is -2.44. The lowest BCUT2D eigenvalue weighted by molar-refractivity contribution is -0.136. The molecule has 1 N–H and O–H groups in total. The minimum absolute atomic E-state index is 0.105. The molecule has 0 aliphatic carbocycles. The van der Waals surface area contributed by atoms with Crippen molar-refractivity contribution in [1.82, 2.24) is 25.1 Å². The maximum absolute atomic E-state index is 13.4. The number of alkyl halides is 2. The second kappa shape index (κ2) is 11.4. The topological polar surface area (TPSA) is 106 Å². The quantitative estimate of drug-likeness (QED) is 0.589. The Kier molecular flexibility index (Phi) is 8.30. The van der Waals surface area contributed by atoms with E-state index in [-0.39, 0.29) is 23.3 Å². The Morgan fingerprint density at radius 3 is 2.27 bits per heavy atom. The molecule has 176 valence electrons. The molecular weight excluding hydrogens is 441 g/mol. The van der Waals surface area contributed by atoms with Crippen LogP contribution >= 0.6 is 0 Å². The summed E-state index contributed by atoms with van der Waals surface area (Å²) in [7, 11) is 0. The number of nitrogens with one attached hydrogen (secondary N) is 1. The van der Waals surface area contributed by atoms with Gasteiger partial charge in [0.1, 0.15) is 11.9 Å². The minimum Gasteiger partial charge on any atom is -0.415 e. The fraction of sp³-hybridized carbons (Fsp3) is 0.381. The van der Waals surface area contributed by atoms with Crippen molar-refractivity contribution < 1.29 is 27.1 Å². The number of benzene rings is 1. The van der Waals surface area contributed by atoms with Crippen molar-refractivity contribution in [1.29, 1.82) is 0 Å². The number of nitrogens with zero attached hydrogens (tertiary/aromatic N) is 5. The van der Waals surface area contributed by atoms with Crippen LogP contribution in [0.2, 0.25) is 0 Å². The highest BCUT2D eigenvalue weighted by molar-refractivity contribution is 5.85. The van der Waals surface area contributed by atoms with Crippen LogP contribution in [0.15, 0.2) is 41.1 Å². The summed E-state index contributed by atoms with van der Waals surface area (Å²) in [5, 5.41) is 9.74. The summed E-state index contributed by atoms with van der Waals surface area (Å²) in [6.07, 6.45) is -0.274. The zero-order valence-electron chi connectivity index (χ0n) is 18.0. The van der Waals surface area contributed by atoms with Crippen molar-refractivity contribution in [3.05, 3.63) is 53.9 Å². The van der Waals surface area contributed by atoms with Crippen molar-refractivity contribution in [2.75, 3.05) is 31.6 Å². The van der Waals surface area contributed by atoms with Crippen molar-refractivity contribution in [3.8, 4) is 11.5 Å². The van der Waals surface area contributed by atoms with E-state index in [1.165, 1.54) is 36.7 Å². The van der Waals surface area contributed by atoms with Crippen LogP contribution in [-0.4, -0.2) is 57.3 Å². The zero-order chi connectivity index (χ0) is 23.8. The Morgan fingerprint density at radius 1 is 1.06 bits per heavy atom. The predicted molar refractivity (Wildman–Crippen MR) is 112 cm³/mol. The molecule has 1 saturated heterocycles. The summed E-state index contributed by atoms with van der Waals surface area (Å²) in [4.78, 5) is 23.0. The molecule has 12 heteroatoms. The van der Waals surface area contributed by atoms with Gasteiger partial charge in [-0.3, -0.25) is 4.79 Å². The van der Waals surface area contributed by atoms with E-state index in [2.05, 4.69) is 25.5 Å². The molecule has 0 radical (unpaired) electrons. The zero-order valence-corrected chi connectivity index (χ0v) is 18.0. The molecular formula is C21H23F3N6O3.